The lowest BCUT2D eigenvalue weighted by molar-refractivity contribution is -0.918. The van der Waals surface area contributed by atoms with Gasteiger partial charge >= 0.3 is 0 Å². The molecule has 4 rings (SSSR count). The van der Waals surface area contributed by atoms with E-state index in [0.717, 1.165) is 43.5 Å². The normalized spacial score (nSPS) is 16.1. The third kappa shape index (κ3) is 4.32. The number of fused-ring (bicyclic) bond motifs is 1. The van der Waals surface area contributed by atoms with E-state index < -0.39 is 0 Å². The summed E-state index contributed by atoms with van der Waals surface area (Å²) in [5.41, 5.74) is 3.51. The molecule has 0 atom stereocenters. The fourth-order valence-corrected chi connectivity index (χ4v) is 3.89. The molecule has 0 saturated carbocycles. The molecule has 1 saturated heterocycles. The largest absolute Gasteiger partial charge is 0.328 e. The van der Waals surface area contributed by atoms with Gasteiger partial charge in [0.2, 0.25) is 0 Å². The van der Waals surface area contributed by atoms with Crippen LogP contribution in [0.2, 0.25) is 5.02 Å². The summed E-state index contributed by atoms with van der Waals surface area (Å²) in [4.78, 5) is 1.57. The highest BCUT2D eigenvalue weighted by atomic mass is 35.5. The number of hydrogen-bond donors (Lipinski definition) is 1. The van der Waals surface area contributed by atoms with Crippen molar-refractivity contribution in [1.82, 2.24) is 5.01 Å². The van der Waals surface area contributed by atoms with E-state index >= 15 is 0 Å². The van der Waals surface area contributed by atoms with Crippen LogP contribution in [0, 0.1) is 0 Å². The van der Waals surface area contributed by atoms with Crippen LogP contribution in [0.4, 0.5) is 0 Å². The molecule has 1 fully saturated rings. The van der Waals surface area contributed by atoms with Gasteiger partial charge in [0.05, 0.1) is 31.9 Å². The van der Waals surface area contributed by atoms with Gasteiger partial charge in [-0.05, 0) is 35.4 Å². The maximum atomic E-state index is 6.30. The van der Waals surface area contributed by atoms with Crippen LogP contribution in [-0.4, -0.2) is 36.9 Å². The molecule has 0 aliphatic carbocycles. The van der Waals surface area contributed by atoms with Crippen molar-refractivity contribution in [3.05, 3.63) is 82.9 Å². The molecule has 3 nitrogen and oxygen atoms in total. The molecule has 3 aromatic rings. The highest BCUT2D eigenvalue weighted by Gasteiger charge is 2.20. The lowest BCUT2D eigenvalue weighted by Crippen LogP contribution is -3.13. The molecule has 1 aliphatic rings. The average Bonchev–Trinajstić information content (AvgIpc) is 2.71. The first-order chi connectivity index (χ1) is 13.2. The van der Waals surface area contributed by atoms with E-state index in [0.29, 0.717) is 0 Å². The van der Waals surface area contributed by atoms with E-state index in [9.17, 15) is 0 Å². The minimum atomic E-state index is 0.873. The summed E-state index contributed by atoms with van der Waals surface area (Å²) in [5.74, 6) is 0. The molecule has 0 radical (unpaired) electrons. The Morgan fingerprint density at radius 2 is 1.67 bits per heavy atom. The van der Waals surface area contributed by atoms with Crippen molar-refractivity contribution in [2.24, 2.45) is 5.10 Å². The van der Waals surface area contributed by atoms with Gasteiger partial charge in [0.15, 0.2) is 0 Å². The first-order valence-electron chi connectivity index (χ1n) is 9.55. The first kappa shape index (κ1) is 18.0. The Labute approximate surface area is 165 Å². The summed E-state index contributed by atoms with van der Waals surface area (Å²) in [6.07, 6.45) is 0. The minimum Gasteiger partial charge on any atom is -0.328 e. The standard InChI is InChI=1S/C23H24ClN3/c1-18(20-11-10-19-6-2-3-7-21(19)16-20)25-27-14-12-26(13-15-27)17-22-8-4-5-9-23(22)24/h2-11,16H,12-15,17H2,1H3/p+1/b25-18-. The van der Waals surface area contributed by atoms with Gasteiger partial charge in [0, 0.05) is 10.6 Å². The van der Waals surface area contributed by atoms with Crippen LogP contribution in [0.25, 0.3) is 10.8 Å². The molecule has 0 unspecified atom stereocenters. The van der Waals surface area contributed by atoms with E-state index in [2.05, 4.69) is 66.5 Å². The van der Waals surface area contributed by atoms with E-state index in [-0.39, 0.29) is 0 Å². The third-order valence-corrected chi connectivity index (χ3v) is 5.67. The summed E-state index contributed by atoms with van der Waals surface area (Å²) >= 11 is 6.30. The number of hydrazone groups is 1. The number of nitrogens with one attached hydrogen (secondary N) is 1. The second-order valence-electron chi connectivity index (χ2n) is 7.22. The van der Waals surface area contributed by atoms with Crippen LogP contribution in [0.1, 0.15) is 18.1 Å². The predicted octanol–water partition coefficient (Wildman–Crippen LogP) is 3.62. The number of hydrogen-bond acceptors (Lipinski definition) is 2. The summed E-state index contributed by atoms with van der Waals surface area (Å²) in [7, 11) is 0. The SMILES string of the molecule is C/C(=N/N1CC[NH+](Cc2ccccc2Cl)CC1)c1ccc2ccccc2c1. The molecule has 1 heterocycles. The smallest absolute Gasteiger partial charge is 0.104 e. The van der Waals surface area contributed by atoms with Crippen LogP contribution in [-0.2, 0) is 6.54 Å². The lowest BCUT2D eigenvalue weighted by atomic mass is 10.0. The summed E-state index contributed by atoms with van der Waals surface area (Å²) in [6.45, 7) is 7.21. The van der Waals surface area contributed by atoms with Gasteiger partial charge in [-0.2, -0.15) is 5.10 Å². The third-order valence-electron chi connectivity index (χ3n) is 5.30. The number of halogens is 1. The van der Waals surface area contributed by atoms with Crippen LogP contribution in [0.15, 0.2) is 71.8 Å². The van der Waals surface area contributed by atoms with Gasteiger partial charge in [0.25, 0.3) is 0 Å². The van der Waals surface area contributed by atoms with Gasteiger partial charge < -0.3 is 4.90 Å². The minimum absolute atomic E-state index is 0.873. The molecule has 0 aromatic heterocycles. The van der Waals surface area contributed by atoms with Crippen LogP contribution in [0.5, 0.6) is 0 Å². The van der Waals surface area contributed by atoms with Crippen molar-refractivity contribution in [1.29, 1.82) is 0 Å². The maximum absolute atomic E-state index is 6.30. The van der Waals surface area contributed by atoms with Crippen molar-refractivity contribution in [3.63, 3.8) is 0 Å². The fraction of sp³-hybridized carbons (Fsp3) is 0.261. The number of nitrogens with zero attached hydrogens (tertiary/aromatic N) is 2. The first-order valence-corrected chi connectivity index (χ1v) is 9.93. The molecule has 3 aromatic carbocycles. The molecule has 0 bridgehead atoms. The van der Waals surface area contributed by atoms with Crippen molar-refractivity contribution in [2.75, 3.05) is 26.2 Å². The van der Waals surface area contributed by atoms with Gasteiger partial charge in [-0.15, -0.1) is 0 Å². The second kappa shape index (κ2) is 8.12. The number of piperazine rings is 1. The average molecular weight is 379 g/mol. The van der Waals surface area contributed by atoms with Crippen molar-refractivity contribution >= 4 is 28.1 Å². The highest BCUT2D eigenvalue weighted by Crippen LogP contribution is 2.17. The second-order valence-corrected chi connectivity index (χ2v) is 7.63. The molecule has 0 amide bonds. The van der Waals surface area contributed by atoms with Gasteiger partial charge in [-0.25, -0.2) is 0 Å². The Hall–Kier alpha value is -2.36. The summed E-state index contributed by atoms with van der Waals surface area (Å²) < 4.78 is 0. The topological polar surface area (TPSA) is 20.0 Å². The molecule has 0 spiro atoms. The zero-order valence-electron chi connectivity index (χ0n) is 15.7. The molecule has 4 heteroatoms. The Bertz CT molecular complexity index is 959. The lowest BCUT2D eigenvalue weighted by Gasteiger charge is -2.31. The Balaban J connectivity index is 1.39. The number of quaternary nitrogens is 1. The van der Waals surface area contributed by atoms with Gasteiger partial charge in [0.1, 0.15) is 6.54 Å². The van der Waals surface area contributed by atoms with E-state index in [4.69, 9.17) is 16.7 Å². The van der Waals surface area contributed by atoms with Crippen molar-refractivity contribution in [2.45, 2.75) is 13.5 Å². The predicted molar refractivity (Wildman–Crippen MR) is 114 cm³/mol. The molecule has 27 heavy (non-hydrogen) atoms. The Morgan fingerprint density at radius 1 is 0.963 bits per heavy atom. The molecule has 1 N–H and O–H groups in total. The van der Waals surface area contributed by atoms with Gasteiger partial charge in [-0.3, -0.25) is 5.01 Å². The summed E-state index contributed by atoms with van der Waals surface area (Å²) in [5, 5.41) is 10.5. The van der Waals surface area contributed by atoms with Crippen LogP contribution >= 0.6 is 11.6 Å². The molecule has 1 aliphatic heterocycles. The maximum Gasteiger partial charge on any atom is 0.104 e. The van der Waals surface area contributed by atoms with E-state index in [1.165, 1.54) is 21.9 Å². The highest BCUT2D eigenvalue weighted by molar-refractivity contribution is 6.31. The monoisotopic (exact) mass is 378 g/mol. The number of benzene rings is 3. The fourth-order valence-electron chi connectivity index (χ4n) is 3.68. The van der Waals surface area contributed by atoms with Gasteiger partial charge in [-0.1, -0.05) is 66.2 Å². The summed E-state index contributed by atoms with van der Waals surface area (Å²) in [6, 6.07) is 23.2. The van der Waals surface area contributed by atoms with E-state index in [1.807, 2.05) is 12.1 Å². The quantitative estimate of drug-likeness (QED) is 0.687. The molecule has 138 valence electrons. The Morgan fingerprint density at radius 3 is 2.44 bits per heavy atom. The van der Waals surface area contributed by atoms with Crippen LogP contribution in [0.3, 0.4) is 0 Å². The molecular formula is C23H25ClN3+. The van der Waals surface area contributed by atoms with Crippen molar-refractivity contribution in [3.8, 4) is 0 Å². The number of rotatable bonds is 4. The van der Waals surface area contributed by atoms with Crippen LogP contribution < -0.4 is 4.90 Å². The van der Waals surface area contributed by atoms with Crippen molar-refractivity contribution < 1.29 is 4.90 Å². The molecular weight excluding hydrogens is 354 g/mol. The zero-order valence-corrected chi connectivity index (χ0v) is 16.4. The van der Waals surface area contributed by atoms with E-state index in [1.54, 1.807) is 4.90 Å². The Kier molecular flexibility index (Phi) is 5.42. The zero-order chi connectivity index (χ0) is 18.6.